The molecule has 100 valence electrons. The lowest BCUT2D eigenvalue weighted by Gasteiger charge is -2.19. The summed E-state index contributed by atoms with van der Waals surface area (Å²) in [6, 6.07) is 14.7. The van der Waals surface area contributed by atoms with E-state index in [1.54, 1.807) is 11.3 Å². The van der Waals surface area contributed by atoms with Crippen LogP contribution in [0.1, 0.15) is 22.2 Å². The van der Waals surface area contributed by atoms with Crippen LogP contribution < -0.4 is 5.32 Å². The fourth-order valence-corrected chi connectivity index (χ4v) is 2.73. The second kappa shape index (κ2) is 6.41. The topological polar surface area (TPSA) is 37.8 Å². The van der Waals surface area contributed by atoms with Gasteiger partial charge >= 0.3 is 0 Å². The van der Waals surface area contributed by atoms with E-state index < -0.39 is 0 Å². The van der Waals surface area contributed by atoms with Crippen LogP contribution in [0.4, 0.5) is 0 Å². The van der Waals surface area contributed by atoms with E-state index in [-0.39, 0.29) is 6.04 Å². The predicted octanol–water partition coefficient (Wildman–Crippen LogP) is 3.42. The number of nitrogens with zero attached hydrogens (tertiary/aromatic N) is 2. The summed E-state index contributed by atoms with van der Waals surface area (Å²) in [4.78, 5) is 8.41. The standard InChI is InChI=1S/C16H15N3S/c1-2-4-13(5-3-1)16(14-6-8-17-9-7-14)19-12-15-18-10-11-20-15/h1-11,16,19H,12H2. The maximum absolute atomic E-state index is 4.32. The molecule has 0 radical (unpaired) electrons. The molecule has 0 aliphatic rings. The minimum atomic E-state index is 0.156. The summed E-state index contributed by atoms with van der Waals surface area (Å²) in [5, 5.41) is 6.67. The average Bonchev–Trinajstić information content (AvgIpc) is 3.03. The molecular formula is C16H15N3S. The van der Waals surface area contributed by atoms with Gasteiger partial charge < -0.3 is 0 Å². The molecule has 0 amide bonds. The second-order valence-corrected chi connectivity index (χ2v) is 5.41. The number of benzene rings is 1. The third kappa shape index (κ3) is 3.10. The average molecular weight is 281 g/mol. The van der Waals surface area contributed by atoms with Crippen molar-refractivity contribution in [1.29, 1.82) is 0 Å². The first-order valence-corrected chi connectivity index (χ1v) is 7.38. The summed E-state index contributed by atoms with van der Waals surface area (Å²) in [6.45, 7) is 0.763. The number of hydrogen-bond acceptors (Lipinski definition) is 4. The molecule has 1 atom stereocenters. The summed E-state index contributed by atoms with van der Waals surface area (Å²) >= 11 is 1.67. The Morgan fingerprint density at radius 1 is 0.950 bits per heavy atom. The smallest absolute Gasteiger partial charge is 0.106 e. The Balaban J connectivity index is 1.84. The van der Waals surface area contributed by atoms with Crippen molar-refractivity contribution in [2.45, 2.75) is 12.6 Å². The summed E-state index contributed by atoms with van der Waals surface area (Å²) in [5.74, 6) is 0. The van der Waals surface area contributed by atoms with Gasteiger partial charge in [0.2, 0.25) is 0 Å². The van der Waals surface area contributed by atoms with Gasteiger partial charge in [0.25, 0.3) is 0 Å². The van der Waals surface area contributed by atoms with Crippen molar-refractivity contribution in [2.24, 2.45) is 0 Å². The van der Waals surface area contributed by atoms with Crippen LogP contribution >= 0.6 is 11.3 Å². The number of pyridine rings is 1. The molecule has 1 unspecified atom stereocenters. The van der Waals surface area contributed by atoms with Crippen molar-refractivity contribution in [1.82, 2.24) is 15.3 Å². The van der Waals surface area contributed by atoms with E-state index in [9.17, 15) is 0 Å². The molecular weight excluding hydrogens is 266 g/mol. The summed E-state index contributed by atoms with van der Waals surface area (Å²) in [5.41, 5.74) is 2.46. The van der Waals surface area contributed by atoms with Gasteiger partial charge in [0, 0.05) is 30.5 Å². The first-order valence-electron chi connectivity index (χ1n) is 6.50. The summed E-state index contributed by atoms with van der Waals surface area (Å²) in [6.07, 6.45) is 5.50. The van der Waals surface area contributed by atoms with Crippen LogP contribution in [0.5, 0.6) is 0 Å². The van der Waals surface area contributed by atoms with Gasteiger partial charge in [0.15, 0.2) is 0 Å². The van der Waals surface area contributed by atoms with Crippen LogP contribution in [-0.4, -0.2) is 9.97 Å². The van der Waals surface area contributed by atoms with Gasteiger partial charge in [0.1, 0.15) is 5.01 Å². The number of aromatic nitrogens is 2. The van der Waals surface area contributed by atoms with E-state index in [1.165, 1.54) is 11.1 Å². The number of thiazole rings is 1. The second-order valence-electron chi connectivity index (χ2n) is 4.43. The minimum absolute atomic E-state index is 0.156. The lowest BCUT2D eigenvalue weighted by atomic mass is 10.00. The summed E-state index contributed by atoms with van der Waals surface area (Å²) in [7, 11) is 0. The molecule has 0 saturated carbocycles. The number of hydrogen-bond donors (Lipinski definition) is 1. The third-order valence-corrected chi connectivity index (χ3v) is 3.89. The zero-order valence-corrected chi connectivity index (χ0v) is 11.8. The largest absolute Gasteiger partial charge is 0.300 e. The molecule has 3 rings (SSSR count). The molecule has 0 aliphatic carbocycles. The van der Waals surface area contributed by atoms with Crippen molar-refractivity contribution in [3.63, 3.8) is 0 Å². The fraction of sp³-hybridized carbons (Fsp3) is 0.125. The molecule has 0 saturated heterocycles. The lowest BCUT2D eigenvalue weighted by molar-refractivity contribution is 0.603. The Morgan fingerprint density at radius 2 is 1.70 bits per heavy atom. The highest BCUT2D eigenvalue weighted by atomic mass is 32.1. The van der Waals surface area contributed by atoms with Crippen molar-refractivity contribution in [3.8, 4) is 0 Å². The van der Waals surface area contributed by atoms with E-state index in [0.29, 0.717) is 0 Å². The van der Waals surface area contributed by atoms with Crippen LogP contribution in [0.3, 0.4) is 0 Å². The fourth-order valence-electron chi connectivity index (χ4n) is 2.16. The highest BCUT2D eigenvalue weighted by Gasteiger charge is 2.13. The normalized spacial score (nSPS) is 12.2. The zero-order chi connectivity index (χ0) is 13.6. The molecule has 0 aliphatic heterocycles. The first kappa shape index (κ1) is 13.0. The highest BCUT2D eigenvalue weighted by Crippen LogP contribution is 2.22. The monoisotopic (exact) mass is 281 g/mol. The molecule has 3 aromatic rings. The van der Waals surface area contributed by atoms with Gasteiger partial charge in [-0.15, -0.1) is 11.3 Å². The number of nitrogens with one attached hydrogen (secondary N) is 1. The van der Waals surface area contributed by atoms with Crippen molar-refractivity contribution in [3.05, 3.63) is 82.6 Å². The maximum Gasteiger partial charge on any atom is 0.106 e. The number of rotatable bonds is 5. The molecule has 0 fully saturated rings. The molecule has 20 heavy (non-hydrogen) atoms. The Labute approximate surface area is 122 Å². The Morgan fingerprint density at radius 3 is 2.40 bits per heavy atom. The predicted molar refractivity (Wildman–Crippen MR) is 81.5 cm³/mol. The molecule has 2 heterocycles. The van der Waals surface area contributed by atoms with Gasteiger partial charge in [0.05, 0.1) is 6.04 Å². The Hall–Kier alpha value is -2.04. The van der Waals surface area contributed by atoms with E-state index in [0.717, 1.165) is 11.6 Å². The van der Waals surface area contributed by atoms with Gasteiger partial charge in [-0.1, -0.05) is 30.3 Å². The molecule has 3 nitrogen and oxygen atoms in total. The van der Waals surface area contributed by atoms with Gasteiger partial charge in [-0.05, 0) is 23.3 Å². The molecule has 0 bridgehead atoms. The van der Waals surface area contributed by atoms with Crippen LogP contribution in [-0.2, 0) is 6.54 Å². The van der Waals surface area contributed by atoms with E-state index in [4.69, 9.17) is 0 Å². The molecule has 1 N–H and O–H groups in total. The minimum Gasteiger partial charge on any atom is -0.300 e. The SMILES string of the molecule is c1ccc(C(NCc2nccs2)c2ccncc2)cc1. The zero-order valence-electron chi connectivity index (χ0n) is 10.9. The quantitative estimate of drug-likeness (QED) is 0.778. The van der Waals surface area contributed by atoms with Crippen LogP contribution in [0.15, 0.2) is 66.4 Å². The Kier molecular flexibility index (Phi) is 4.16. The van der Waals surface area contributed by atoms with Crippen LogP contribution in [0.2, 0.25) is 0 Å². The maximum atomic E-state index is 4.32. The van der Waals surface area contributed by atoms with Gasteiger partial charge in [-0.3, -0.25) is 10.3 Å². The van der Waals surface area contributed by atoms with E-state index in [1.807, 2.05) is 42.2 Å². The van der Waals surface area contributed by atoms with Crippen LogP contribution in [0, 0.1) is 0 Å². The van der Waals surface area contributed by atoms with Crippen LogP contribution in [0.25, 0.3) is 0 Å². The highest BCUT2D eigenvalue weighted by molar-refractivity contribution is 7.09. The molecule has 1 aromatic carbocycles. The molecule has 2 aromatic heterocycles. The molecule has 4 heteroatoms. The van der Waals surface area contributed by atoms with E-state index in [2.05, 4.69) is 39.6 Å². The van der Waals surface area contributed by atoms with Crippen molar-refractivity contribution < 1.29 is 0 Å². The van der Waals surface area contributed by atoms with Crippen molar-refractivity contribution in [2.75, 3.05) is 0 Å². The Bertz CT molecular complexity index is 584. The third-order valence-electron chi connectivity index (χ3n) is 3.11. The van der Waals surface area contributed by atoms with Crippen molar-refractivity contribution >= 4 is 11.3 Å². The molecule has 0 spiro atoms. The first-order chi connectivity index (χ1) is 9.93. The van der Waals surface area contributed by atoms with E-state index >= 15 is 0 Å². The van der Waals surface area contributed by atoms with Gasteiger partial charge in [-0.2, -0.15) is 0 Å². The van der Waals surface area contributed by atoms with Gasteiger partial charge in [-0.25, -0.2) is 4.98 Å². The lowest BCUT2D eigenvalue weighted by Crippen LogP contribution is -2.22. The summed E-state index contributed by atoms with van der Waals surface area (Å²) < 4.78 is 0.